The van der Waals surface area contributed by atoms with Crippen LogP contribution in [0.2, 0.25) is 0 Å². The van der Waals surface area contributed by atoms with Gasteiger partial charge in [0.1, 0.15) is 5.75 Å². The number of aromatic nitrogens is 1. The van der Waals surface area contributed by atoms with Crippen molar-refractivity contribution in [2.45, 2.75) is 32.8 Å². The van der Waals surface area contributed by atoms with Crippen molar-refractivity contribution in [1.29, 1.82) is 0 Å². The molecule has 0 bridgehead atoms. The van der Waals surface area contributed by atoms with Crippen LogP contribution in [0.15, 0.2) is 53.7 Å². The van der Waals surface area contributed by atoms with E-state index >= 15 is 0 Å². The van der Waals surface area contributed by atoms with Crippen LogP contribution in [0.1, 0.15) is 26.0 Å². The first kappa shape index (κ1) is 27.1. The Morgan fingerprint density at radius 2 is 1.87 bits per heavy atom. The van der Waals surface area contributed by atoms with Crippen molar-refractivity contribution < 1.29 is 14.2 Å². The van der Waals surface area contributed by atoms with Crippen LogP contribution < -0.4 is 15.4 Å². The van der Waals surface area contributed by atoms with Gasteiger partial charge in [-0.1, -0.05) is 6.07 Å². The summed E-state index contributed by atoms with van der Waals surface area (Å²) in [6, 6.07) is 13.8. The van der Waals surface area contributed by atoms with E-state index in [9.17, 15) is 0 Å². The number of hydrogen-bond donors (Lipinski definition) is 2. The second kappa shape index (κ2) is 16.7. The standard InChI is InChI=1S/C23H34N4O3.HI/c1-19(2)30-22-10-8-21(9-11-22)27-23(25-14-6-16-29-18-17-28-3)26-15-12-20-7-4-5-13-24-20;/h4-5,7-11,13,19H,6,12,14-18H2,1-3H3,(H2,25,26,27);1H. The van der Waals surface area contributed by atoms with E-state index in [1.807, 2.05) is 62.5 Å². The number of pyridine rings is 1. The van der Waals surface area contributed by atoms with Crippen LogP contribution in [0.25, 0.3) is 0 Å². The van der Waals surface area contributed by atoms with Crippen molar-refractivity contribution in [3.8, 4) is 5.75 Å². The van der Waals surface area contributed by atoms with Crippen molar-refractivity contribution >= 4 is 35.6 Å². The van der Waals surface area contributed by atoms with E-state index in [1.165, 1.54) is 0 Å². The lowest BCUT2D eigenvalue weighted by molar-refractivity contribution is 0.0702. The molecule has 0 atom stereocenters. The molecule has 31 heavy (non-hydrogen) atoms. The number of aliphatic imine (C=N–C) groups is 1. The van der Waals surface area contributed by atoms with Crippen molar-refractivity contribution in [3.63, 3.8) is 0 Å². The molecule has 0 saturated carbocycles. The van der Waals surface area contributed by atoms with Gasteiger partial charge in [-0.3, -0.25) is 9.98 Å². The van der Waals surface area contributed by atoms with Crippen molar-refractivity contribution in [3.05, 3.63) is 54.4 Å². The highest BCUT2D eigenvalue weighted by molar-refractivity contribution is 14.0. The highest BCUT2D eigenvalue weighted by atomic mass is 127. The van der Waals surface area contributed by atoms with Gasteiger partial charge in [0, 0.05) is 50.8 Å². The highest BCUT2D eigenvalue weighted by Gasteiger charge is 2.03. The van der Waals surface area contributed by atoms with Crippen LogP contribution >= 0.6 is 24.0 Å². The van der Waals surface area contributed by atoms with Gasteiger partial charge in [-0.15, -0.1) is 24.0 Å². The van der Waals surface area contributed by atoms with Crippen LogP contribution in [0.5, 0.6) is 5.75 Å². The lowest BCUT2D eigenvalue weighted by atomic mass is 10.3. The summed E-state index contributed by atoms with van der Waals surface area (Å²) in [7, 11) is 1.67. The Hall–Kier alpha value is -1.91. The fraction of sp³-hybridized carbons (Fsp3) is 0.478. The summed E-state index contributed by atoms with van der Waals surface area (Å²) in [5, 5.41) is 6.74. The number of nitrogens with zero attached hydrogens (tertiary/aromatic N) is 2. The summed E-state index contributed by atoms with van der Waals surface area (Å²) >= 11 is 0. The van der Waals surface area contributed by atoms with Gasteiger partial charge in [0.2, 0.25) is 0 Å². The summed E-state index contributed by atoms with van der Waals surface area (Å²) in [4.78, 5) is 9.03. The number of benzene rings is 1. The predicted octanol–water partition coefficient (Wildman–Crippen LogP) is 4.14. The van der Waals surface area contributed by atoms with Crippen LogP contribution in [0.3, 0.4) is 0 Å². The van der Waals surface area contributed by atoms with E-state index in [4.69, 9.17) is 14.2 Å². The van der Waals surface area contributed by atoms with E-state index in [-0.39, 0.29) is 30.1 Å². The third-order valence-electron chi connectivity index (χ3n) is 4.04. The molecule has 2 rings (SSSR count). The third kappa shape index (κ3) is 12.5. The SMILES string of the molecule is COCCOCCCN=C(NCCc1ccccn1)Nc1ccc(OC(C)C)cc1.I. The van der Waals surface area contributed by atoms with Gasteiger partial charge in [-0.2, -0.15) is 0 Å². The van der Waals surface area contributed by atoms with Crippen molar-refractivity contribution in [2.75, 3.05) is 45.3 Å². The first-order valence-corrected chi connectivity index (χ1v) is 10.5. The van der Waals surface area contributed by atoms with E-state index in [1.54, 1.807) is 7.11 Å². The number of rotatable bonds is 13. The van der Waals surface area contributed by atoms with Gasteiger partial charge in [0.25, 0.3) is 0 Å². The number of hydrogen-bond acceptors (Lipinski definition) is 5. The van der Waals surface area contributed by atoms with Crippen LogP contribution in [0, 0.1) is 0 Å². The van der Waals surface area contributed by atoms with E-state index in [2.05, 4.69) is 20.6 Å². The number of anilines is 1. The minimum atomic E-state index is 0. The molecule has 1 heterocycles. The van der Waals surface area contributed by atoms with Crippen molar-refractivity contribution in [1.82, 2.24) is 10.3 Å². The maximum atomic E-state index is 5.70. The zero-order chi connectivity index (χ0) is 21.4. The minimum Gasteiger partial charge on any atom is -0.491 e. The number of halogens is 1. The smallest absolute Gasteiger partial charge is 0.195 e. The molecule has 0 radical (unpaired) electrons. The van der Waals surface area contributed by atoms with Crippen LogP contribution in [-0.2, 0) is 15.9 Å². The quantitative estimate of drug-likeness (QED) is 0.172. The van der Waals surface area contributed by atoms with Gasteiger partial charge in [-0.05, 0) is 56.7 Å². The molecule has 7 nitrogen and oxygen atoms in total. The fourth-order valence-corrected chi connectivity index (χ4v) is 2.62. The molecule has 0 amide bonds. The molecule has 0 spiro atoms. The summed E-state index contributed by atoms with van der Waals surface area (Å²) in [5.41, 5.74) is 2.00. The molecule has 0 aliphatic carbocycles. The van der Waals surface area contributed by atoms with Crippen LogP contribution in [0.4, 0.5) is 5.69 Å². The van der Waals surface area contributed by atoms with Crippen molar-refractivity contribution in [2.24, 2.45) is 4.99 Å². The topological polar surface area (TPSA) is 77.0 Å². The van der Waals surface area contributed by atoms with Crippen LogP contribution in [-0.4, -0.2) is 57.1 Å². The highest BCUT2D eigenvalue weighted by Crippen LogP contribution is 2.16. The summed E-state index contributed by atoms with van der Waals surface area (Å²) < 4.78 is 16.2. The number of nitrogens with one attached hydrogen (secondary N) is 2. The average Bonchev–Trinajstić information content (AvgIpc) is 2.74. The Labute approximate surface area is 203 Å². The molecular weight excluding hydrogens is 507 g/mol. The predicted molar refractivity (Wildman–Crippen MR) is 137 cm³/mol. The number of methoxy groups -OCH3 is 1. The maximum Gasteiger partial charge on any atom is 0.195 e. The average molecular weight is 542 g/mol. The Morgan fingerprint density at radius 1 is 1.06 bits per heavy atom. The molecular formula is C23H35IN4O3. The Balaban J connectivity index is 0.00000480. The zero-order valence-corrected chi connectivity index (χ0v) is 21.0. The zero-order valence-electron chi connectivity index (χ0n) is 18.7. The minimum absolute atomic E-state index is 0. The van der Waals surface area contributed by atoms with Gasteiger partial charge in [0.05, 0.1) is 19.3 Å². The monoisotopic (exact) mass is 542 g/mol. The molecule has 1 aromatic carbocycles. The molecule has 0 aliphatic rings. The van der Waals surface area contributed by atoms with Gasteiger partial charge >= 0.3 is 0 Å². The first-order valence-electron chi connectivity index (χ1n) is 10.5. The summed E-state index contributed by atoms with van der Waals surface area (Å²) in [6.07, 6.45) is 3.63. The molecule has 8 heteroatoms. The lowest BCUT2D eigenvalue weighted by Gasteiger charge is -2.14. The number of ether oxygens (including phenoxy) is 3. The van der Waals surface area contributed by atoms with E-state index < -0.39 is 0 Å². The van der Waals surface area contributed by atoms with Gasteiger partial charge in [0.15, 0.2) is 5.96 Å². The molecule has 0 unspecified atom stereocenters. The first-order chi connectivity index (χ1) is 14.7. The van der Waals surface area contributed by atoms with Gasteiger partial charge < -0.3 is 24.8 Å². The maximum absolute atomic E-state index is 5.70. The molecule has 0 saturated heterocycles. The lowest BCUT2D eigenvalue weighted by Crippen LogP contribution is -2.32. The molecule has 2 N–H and O–H groups in total. The molecule has 172 valence electrons. The normalized spacial score (nSPS) is 11.2. The largest absolute Gasteiger partial charge is 0.491 e. The Bertz CT molecular complexity index is 727. The molecule has 1 aromatic heterocycles. The second-order valence-corrected chi connectivity index (χ2v) is 7.00. The summed E-state index contributed by atoms with van der Waals surface area (Å²) in [5.74, 6) is 1.59. The van der Waals surface area contributed by atoms with E-state index in [0.717, 1.165) is 42.5 Å². The third-order valence-corrected chi connectivity index (χ3v) is 4.04. The molecule has 0 fully saturated rings. The summed E-state index contributed by atoms with van der Waals surface area (Å²) in [6.45, 7) is 7.32. The Kier molecular flexibility index (Phi) is 14.6. The second-order valence-electron chi connectivity index (χ2n) is 7.00. The molecule has 0 aliphatic heterocycles. The van der Waals surface area contributed by atoms with E-state index in [0.29, 0.717) is 26.4 Å². The van der Waals surface area contributed by atoms with Gasteiger partial charge in [-0.25, -0.2) is 0 Å². The fourth-order valence-electron chi connectivity index (χ4n) is 2.62. The molecule has 2 aromatic rings. The Morgan fingerprint density at radius 3 is 2.55 bits per heavy atom. The number of guanidine groups is 1.